The van der Waals surface area contributed by atoms with Gasteiger partial charge in [-0.2, -0.15) is 0 Å². The number of nitrogens with zero attached hydrogens (tertiary/aromatic N) is 2. The van der Waals surface area contributed by atoms with Crippen LogP contribution in [0.5, 0.6) is 0 Å². The van der Waals surface area contributed by atoms with Crippen molar-refractivity contribution in [3.63, 3.8) is 0 Å². The first-order valence-electron chi connectivity index (χ1n) is 16.2. The second kappa shape index (κ2) is 20.2. The van der Waals surface area contributed by atoms with E-state index in [9.17, 15) is 0 Å². The summed E-state index contributed by atoms with van der Waals surface area (Å²) in [5.74, 6) is -10.9. The number of aliphatic carboxylic acids is 6. The Morgan fingerprint density at radius 1 is 0.396 bits per heavy atom. The molecule has 4 unspecified atom stereocenters. The van der Waals surface area contributed by atoms with E-state index < -0.39 is 35.8 Å². The van der Waals surface area contributed by atoms with E-state index in [1.165, 1.54) is 77.0 Å². The van der Waals surface area contributed by atoms with Crippen LogP contribution in [0.25, 0.3) is 0 Å². The third-order valence-electron chi connectivity index (χ3n) is 9.43. The highest BCUT2D eigenvalue weighted by Crippen LogP contribution is 2.39. The van der Waals surface area contributed by atoms with Gasteiger partial charge in [0, 0.05) is 74.8 Å². The van der Waals surface area contributed by atoms with Gasteiger partial charge in [-0.25, -0.2) is 28.8 Å². The first-order valence-corrected chi connectivity index (χ1v) is 16.2. The summed E-state index contributed by atoms with van der Waals surface area (Å²) in [5.41, 5.74) is 12.2. The van der Waals surface area contributed by atoms with E-state index in [1.807, 2.05) is 0 Å². The molecule has 48 heavy (non-hydrogen) atoms. The Kier molecular flexibility index (Phi) is 17.1. The van der Waals surface area contributed by atoms with Crippen molar-refractivity contribution >= 4 is 35.8 Å². The van der Waals surface area contributed by atoms with Crippen LogP contribution >= 0.6 is 0 Å². The molecule has 0 aliphatic carbocycles. The predicted octanol–water partition coefficient (Wildman–Crippen LogP) is -0.294. The van der Waals surface area contributed by atoms with Gasteiger partial charge in [0.25, 0.3) is 0 Å². The van der Waals surface area contributed by atoms with Gasteiger partial charge in [-0.05, 0) is 77.0 Å². The van der Waals surface area contributed by atoms with Crippen LogP contribution < -0.4 is 11.5 Å². The average Bonchev–Trinajstić information content (AvgIpc) is 3.48. The lowest BCUT2D eigenvalue weighted by atomic mass is 9.94. The highest BCUT2D eigenvalue weighted by Gasteiger charge is 2.44. The molecule has 6 saturated heterocycles. The van der Waals surface area contributed by atoms with Crippen LogP contribution in [-0.2, 0) is 38.2 Å². The van der Waals surface area contributed by atoms with Gasteiger partial charge >= 0.3 is 35.8 Å². The predicted molar refractivity (Wildman–Crippen MR) is 165 cm³/mol. The summed E-state index contributed by atoms with van der Waals surface area (Å²) in [6.45, 7) is 3.86. The number of hydrogen-bond acceptors (Lipinski definition) is 12. The molecule has 0 spiro atoms. The second-order valence-electron chi connectivity index (χ2n) is 12.6. The zero-order valence-corrected chi connectivity index (χ0v) is 26.9. The summed E-state index contributed by atoms with van der Waals surface area (Å²) in [7, 11) is 0. The van der Waals surface area contributed by atoms with E-state index >= 15 is 0 Å². The summed E-state index contributed by atoms with van der Waals surface area (Å²) in [6.07, 6.45) is 15.4. The van der Waals surface area contributed by atoms with Crippen molar-refractivity contribution in [1.29, 1.82) is 0 Å². The SMILES string of the molecule is NC1CC2CCC(C1)N2C1CCOCC1.NC1CC2CCC(C1)N2C1CCOCC1.O=C(O)C(=O)O.O=C(O)C(=O)O.O=C(O)C(=O)O. The molecule has 6 fully saturated rings. The molecular formula is C30H50N4O14. The van der Waals surface area contributed by atoms with Crippen molar-refractivity contribution in [3.05, 3.63) is 0 Å². The number of ether oxygens (including phenoxy) is 2. The number of fused-ring (bicyclic) bond motifs is 4. The Labute approximate surface area is 277 Å². The summed E-state index contributed by atoms with van der Waals surface area (Å²) in [4.78, 5) is 60.2. The summed E-state index contributed by atoms with van der Waals surface area (Å²) < 4.78 is 10.9. The van der Waals surface area contributed by atoms with Crippen molar-refractivity contribution < 1.29 is 68.9 Å². The third-order valence-corrected chi connectivity index (χ3v) is 9.43. The lowest BCUT2D eigenvalue weighted by Crippen LogP contribution is -2.53. The zero-order chi connectivity index (χ0) is 36.0. The number of carboxylic acid groups (broad SMARTS) is 6. The molecule has 10 N–H and O–H groups in total. The lowest BCUT2D eigenvalue weighted by Gasteiger charge is -2.44. The molecule has 6 heterocycles. The van der Waals surface area contributed by atoms with Gasteiger partial charge in [0.15, 0.2) is 0 Å². The van der Waals surface area contributed by atoms with E-state index in [0.717, 1.165) is 62.7 Å². The maximum absolute atomic E-state index is 9.10. The quantitative estimate of drug-likeness (QED) is 0.173. The summed E-state index contributed by atoms with van der Waals surface area (Å²) in [6, 6.07) is 5.71. The third kappa shape index (κ3) is 13.2. The highest BCUT2D eigenvalue weighted by atomic mass is 16.5. The largest absolute Gasteiger partial charge is 0.473 e. The number of hydrogen-bond donors (Lipinski definition) is 8. The molecule has 4 bridgehead atoms. The minimum Gasteiger partial charge on any atom is -0.473 e. The van der Waals surface area contributed by atoms with E-state index in [-0.39, 0.29) is 0 Å². The van der Waals surface area contributed by atoms with Crippen molar-refractivity contribution in [2.45, 2.75) is 125 Å². The van der Waals surface area contributed by atoms with Gasteiger partial charge in [0.2, 0.25) is 0 Å². The molecule has 6 rings (SSSR count). The second-order valence-corrected chi connectivity index (χ2v) is 12.6. The van der Waals surface area contributed by atoms with Crippen molar-refractivity contribution in [3.8, 4) is 0 Å². The van der Waals surface area contributed by atoms with E-state index in [2.05, 4.69) is 9.80 Å². The molecule has 274 valence electrons. The fourth-order valence-corrected chi connectivity index (χ4v) is 7.67. The van der Waals surface area contributed by atoms with Crippen molar-refractivity contribution in [1.82, 2.24) is 9.80 Å². The number of rotatable bonds is 2. The maximum atomic E-state index is 9.10. The minimum atomic E-state index is -1.82. The van der Waals surface area contributed by atoms with Crippen LogP contribution in [0.15, 0.2) is 0 Å². The van der Waals surface area contributed by atoms with E-state index in [4.69, 9.17) is 80.3 Å². The fourth-order valence-electron chi connectivity index (χ4n) is 7.67. The van der Waals surface area contributed by atoms with Crippen LogP contribution in [0.1, 0.15) is 77.0 Å². The monoisotopic (exact) mass is 690 g/mol. The van der Waals surface area contributed by atoms with Gasteiger partial charge in [0.05, 0.1) is 0 Å². The Balaban J connectivity index is 0.000000227. The Morgan fingerprint density at radius 2 is 0.604 bits per heavy atom. The molecule has 0 aromatic heterocycles. The first kappa shape index (κ1) is 40.8. The number of nitrogens with two attached hydrogens (primary N) is 2. The van der Waals surface area contributed by atoms with Crippen LogP contribution in [0.2, 0.25) is 0 Å². The first-order chi connectivity index (χ1) is 22.6. The normalized spacial score (nSPS) is 29.9. The topological polar surface area (TPSA) is 301 Å². The highest BCUT2D eigenvalue weighted by molar-refractivity contribution is 6.28. The van der Waals surface area contributed by atoms with Gasteiger partial charge in [-0.3, -0.25) is 9.80 Å². The average molecular weight is 691 g/mol. The van der Waals surface area contributed by atoms with Crippen molar-refractivity contribution in [2.75, 3.05) is 26.4 Å². The minimum absolute atomic E-state index is 0.471. The smallest absolute Gasteiger partial charge is 0.414 e. The number of carbonyl (C=O) groups is 6. The van der Waals surface area contributed by atoms with Gasteiger partial charge < -0.3 is 51.6 Å². The molecule has 0 aromatic rings. The van der Waals surface area contributed by atoms with Gasteiger partial charge in [-0.1, -0.05) is 0 Å². The molecular weight excluding hydrogens is 640 g/mol. The Morgan fingerprint density at radius 3 is 0.792 bits per heavy atom. The summed E-state index contributed by atoms with van der Waals surface area (Å²) in [5, 5.41) is 44.3. The molecule has 6 aliphatic rings. The Bertz CT molecular complexity index is 928. The molecule has 18 heteroatoms. The molecule has 0 saturated carbocycles. The molecule has 18 nitrogen and oxygen atoms in total. The maximum Gasteiger partial charge on any atom is 0.414 e. The molecule has 0 aromatic carbocycles. The number of carboxylic acids is 6. The number of piperidine rings is 2. The standard InChI is InChI=1S/2C12H22N2O.3C2H2O4/c2*13-9-7-11-1-2-12(8-9)14(11)10-3-5-15-6-4-10;3*3-1(4)2(5)6/h2*9-12H,1-8,13H2;3*(H,3,4)(H,5,6). The molecule has 6 aliphatic heterocycles. The van der Waals surface area contributed by atoms with Crippen LogP contribution in [0, 0.1) is 0 Å². The summed E-state index contributed by atoms with van der Waals surface area (Å²) >= 11 is 0. The lowest BCUT2D eigenvalue weighted by molar-refractivity contribution is -0.159. The van der Waals surface area contributed by atoms with Crippen LogP contribution in [0.3, 0.4) is 0 Å². The van der Waals surface area contributed by atoms with E-state index in [1.54, 1.807) is 0 Å². The molecule has 0 radical (unpaired) electrons. The van der Waals surface area contributed by atoms with Crippen molar-refractivity contribution in [2.24, 2.45) is 11.5 Å². The zero-order valence-electron chi connectivity index (χ0n) is 26.9. The van der Waals surface area contributed by atoms with Crippen LogP contribution in [-0.4, -0.2) is 151 Å². The van der Waals surface area contributed by atoms with E-state index in [0.29, 0.717) is 12.1 Å². The van der Waals surface area contributed by atoms with Crippen LogP contribution in [0.4, 0.5) is 0 Å². The molecule has 4 atom stereocenters. The van der Waals surface area contributed by atoms with Gasteiger partial charge in [0.1, 0.15) is 0 Å². The van der Waals surface area contributed by atoms with Gasteiger partial charge in [-0.15, -0.1) is 0 Å². The molecule has 0 amide bonds. The fraction of sp³-hybridized carbons (Fsp3) is 0.800. The Hall–Kier alpha value is -3.42.